The highest BCUT2D eigenvalue weighted by Crippen LogP contribution is 2.45. The number of rotatable bonds is 4. The smallest absolute Gasteiger partial charge is 0.326 e. The minimum Gasteiger partial charge on any atom is -0.326 e. The number of phosphoric acid groups is 1. The fraction of sp³-hybridized carbons (Fsp3) is 1.00. The highest BCUT2D eigenvalue weighted by atomic mass is 35.5. The molecule has 0 aliphatic rings. The fourth-order valence-electron chi connectivity index (χ4n) is 0.755. The number of quaternary nitrogens is 1. The number of phosphoric ester groups is 1. The van der Waals surface area contributed by atoms with E-state index in [0.717, 1.165) is 0 Å². The molecule has 0 saturated carbocycles. The Morgan fingerprint density at radius 1 is 1.38 bits per heavy atom. The van der Waals surface area contributed by atoms with Gasteiger partial charge >= 0.3 is 7.82 Å². The van der Waals surface area contributed by atoms with E-state index >= 15 is 0 Å². The standard InChI is InChI=1S/C5H12Cl2NO4P/c1-8(2,3)4-5(6,7)12-13(9,10)11/h4H2,1-3H3,(H-,9,10,11)/p+1. The first-order valence-electron chi connectivity index (χ1n) is 3.36. The van der Waals surface area contributed by atoms with Crippen LogP contribution in [-0.4, -0.2) is 46.5 Å². The first kappa shape index (κ1) is 13.7. The van der Waals surface area contributed by atoms with Crippen molar-refractivity contribution in [1.29, 1.82) is 0 Å². The van der Waals surface area contributed by atoms with Crippen molar-refractivity contribution in [3.05, 3.63) is 0 Å². The predicted molar refractivity (Wildman–Crippen MR) is 50.5 cm³/mol. The Balaban J connectivity index is 4.34. The van der Waals surface area contributed by atoms with Gasteiger partial charge < -0.3 is 14.3 Å². The van der Waals surface area contributed by atoms with E-state index in [0.29, 0.717) is 4.48 Å². The van der Waals surface area contributed by atoms with E-state index in [4.69, 9.17) is 33.0 Å². The second kappa shape index (κ2) is 4.03. The Kier molecular flexibility index (Phi) is 4.23. The molecular formula is C5H13Cl2NO4P+. The molecule has 0 aliphatic carbocycles. The maximum atomic E-state index is 10.4. The Morgan fingerprint density at radius 3 is 2.00 bits per heavy atom. The summed E-state index contributed by atoms with van der Waals surface area (Å²) in [7, 11) is 0.652. The molecule has 13 heavy (non-hydrogen) atoms. The monoisotopic (exact) mass is 252 g/mol. The molecule has 0 heterocycles. The van der Waals surface area contributed by atoms with E-state index in [1.807, 2.05) is 0 Å². The Morgan fingerprint density at radius 2 is 1.77 bits per heavy atom. The number of hydrogen-bond donors (Lipinski definition) is 2. The van der Waals surface area contributed by atoms with Crippen molar-refractivity contribution in [2.75, 3.05) is 27.7 Å². The average Bonchev–Trinajstić information content (AvgIpc) is 1.43. The van der Waals surface area contributed by atoms with Crippen LogP contribution in [0.2, 0.25) is 0 Å². The van der Waals surface area contributed by atoms with Crippen LogP contribution in [0, 0.1) is 0 Å². The Hall–Kier alpha value is 0.650. The molecule has 0 aromatic carbocycles. The lowest BCUT2D eigenvalue weighted by molar-refractivity contribution is -0.873. The third-order valence-electron chi connectivity index (χ3n) is 0.911. The topological polar surface area (TPSA) is 66.8 Å². The average molecular weight is 253 g/mol. The summed E-state index contributed by atoms with van der Waals surface area (Å²) in [6, 6.07) is 0. The first-order chi connectivity index (χ1) is 5.41. The molecule has 0 amide bonds. The molecule has 0 unspecified atom stereocenters. The van der Waals surface area contributed by atoms with Crippen molar-refractivity contribution in [1.82, 2.24) is 0 Å². The molecule has 0 radical (unpaired) electrons. The summed E-state index contributed by atoms with van der Waals surface area (Å²) in [4.78, 5) is 16.9. The van der Waals surface area contributed by atoms with Crippen molar-refractivity contribution < 1.29 is 23.4 Å². The van der Waals surface area contributed by atoms with Crippen molar-refractivity contribution in [3.63, 3.8) is 0 Å². The summed E-state index contributed by atoms with van der Waals surface area (Å²) in [6.07, 6.45) is 0. The molecule has 2 N–H and O–H groups in total. The van der Waals surface area contributed by atoms with Gasteiger partial charge in [0.2, 0.25) is 0 Å². The van der Waals surface area contributed by atoms with Crippen LogP contribution in [0.1, 0.15) is 0 Å². The molecule has 0 fully saturated rings. The van der Waals surface area contributed by atoms with Gasteiger partial charge in [-0.3, -0.25) is 0 Å². The zero-order chi connectivity index (χ0) is 10.9. The maximum Gasteiger partial charge on any atom is 0.472 e. The van der Waals surface area contributed by atoms with Gasteiger partial charge in [0.1, 0.15) is 6.54 Å². The Bertz CT molecular complexity index is 221. The van der Waals surface area contributed by atoms with Gasteiger partial charge in [-0.05, 0) is 0 Å². The number of hydrogen-bond acceptors (Lipinski definition) is 2. The lowest BCUT2D eigenvalue weighted by Crippen LogP contribution is -2.44. The van der Waals surface area contributed by atoms with Crippen LogP contribution in [0.15, 0.2) is 0 Å². The predicted octanol–water partition coefficient (Wildman–Crippen LogP) is 0.933. The zero-order valence-corrected chi connectivity index (χ0v) is 9.97. The molecule has 0 rings (SSSR count). The SMILES string of the molecule is C[N+](C)(C)CC(Cl)(Cl)OP(=O)(O)O. The van der Waals surface area contributed by atoms with E-state index in [9.17, 15) is 4.57 Å². The van der Waals surface area contributed by atoms with Crippen LogP contribution in [0.4, 0.5) is 0 Å². The Labute approximate surface area is 87.0 Å². The third-order valence-corrected chi connectivity index (χ3v) is 2.07. The van der Waals surface area contributed by atoms with Crippen LogP contribution in [0.25, 0.3) is 0 Å². The molecule has 0 aliphatic heterocycles. The van der Waals surface area contributed by atoms with Crippen LogP contribution in [0.5, 0.6) is 0 Å². The van der Waals surface area contributed by atoms with Gasteiger partial charge in [0, 0.05) is 0 Å². The largest absolute Gasteiger partial charge is 0.472 e. The molecule has 0 atom stereocenters. The van der Waals surface area contributed by atoms with Crippen molar-refractivity contribution >= 4 is 31.0 Å². The van der Waals surface area contributed by atoms with Crippen molar-refractivity contribution in [2.24, 2.45) is 0 Å². The molecule has 0 saturated heterocycles. The van der Waals surface area contributed by atoms with Crippen molar-refractivity contribution in [2.45, 2.75) is 4.52 Å². The summed E-state index contributed by atoms with van der Waals surface area (Å²) in [5.74, 6) is 0. The van der Waals surface area contributed by atoms with Gasteiger partial charge in [-0.15, -0.1) is 0 Å². The van der Waals surface area contributed by atoms with Gasteiger partial charge in [-0.25, -0.2) is 9.09 Å². The molecular weight excluding hydrogens is 240 g/mol. The van der Waals surface area contributed by atoms with E-state index in [2.05, 4.69) is 4.52 Å². The second-order valence-corrected chi connectivity index (χ2v) is 6.25. The summed E-state index contributed by atoms with van der Waals surface area (Å²) in [5, 5.41) is 0. The molecule has 0 spiro atoms. The molecule has 80 valence electrons. The molecule has 0 aromatic rings. The van der Waals surface area contributed by atoms with E-state index in [-0.39, 0.29) is 6.54 Å². The second-order valence-electron chi connectivity index (χ2n) is 3.67. The van der Waals surface area contributed by atoms with Crippen LogP contribution >= 0.6 is 31.0 Å². The van der Waals surface area contributed by atoms with Crippen LogP contribution < -0.4 is 0 Å². The quantitative estimate of drug-likeness (QED) is 0.444. The van der Waals surface area contributed by atoms with Crippen LogP contribution in [-0.2, 0) is 9.09 Å². The fourth-order valence-corrected chi connectivity index (χ4v) is 2.42. The van der Waals surface area contributed by atoms with Gasteiger partial charge in [0.15, 0.2) is 0 Å². The van der Waals surface area contributed by atoms with Gasteiger partial charge in [-0.1, -0.05) is 23.2 Å². The van der Waals surface area contributed by atoms with E-state index in [1.54, 1.807) is 21.1 Å². The normalized spacial score (nSPS) is 14.7. The molecule has 5 nitrogen and oxygen atoms in total. The van der Waals surface area contributed by atoms with Gasteiger partial charge in [0.05, 0.1) is 21.1 Å². The first-order valence-corrected chi connectivity index (χ1v) is 5.64. The zero-order valence-electron chi connectivity index (χ0n) is 7.57. The highest BCUT2D eigenvalue weighted by molar-refractivity contribution is 7.46. The molecule has 0 bridgehead atoms. The number of halogens is 2. The lowest BCUT2D eigenvalue weighted by Gasteiger charge is -2.30. The minimum atomic E-state index is -4.65. The lowest BCUT2D eigenvalue weighted by atomic mass is 10.5. The van der Waals surface area contributed by atoms with Gasteiger partial charge in [-0.2, -0.15) is 0 Å². The van der Waals surface area contributed by atoms with Crippen molar-refractivity contribution in [3.8, 4) is 0 Å². The summed E-state index contributed by atoms with van der Waals surface area (Å²) >= 11 is 11.1. The minimum absolute atomic E-state index is 0.0568. The van der Waals surface area contributed by atoms with Crippen LogP contribution in [0.3, 0.4) is 0 Å². The number of nitrogens with zero attached hydrogens (tertiary/aromatic N) is 1. The summed E-state index contributed by atoms with van der Waals surface area (Å²) < 4.78 is 13.1. The third kappa shape index (κ3) is 8.97. The van der Waals surface area contributed by atoms with Gasteiger partial charge in [0.25, 0.3) is 4.52 Å². The van der Waals surface area contributed by atoms with E-state index in [1.165, 1.54) is 0 Å². The number of alkyl halides is 2. The van der Waals surface area contributed by atoms with E-state index < -0.39 is 12.3 Å². The summed E-state index contributed by atoms with van der Waals surface area (Å²) in [5.41, 5.74) is 0. The maximum absolute atomic E-state index is 10.4. The summed E-state index contributed by atoms with van der Waals surface area (Å²) in [6.45, 7) is 0.0568. The molecule has 8 heteroatoms. The highest BCUT2D eigenvalue weighted by Gasteiger charge is 2.38. The number of likely N-dealkylation sites (N-methyl/N-ethyl adjacent to an activating group) is 1. The molecule has 0 aromatic heterocycles.